The van der Waals surface area contributed by atoms with Crippen LogP contribution in [0.3, 0.4) is 0 Å². The Bertz CT molecular complexity index is 769. The zero-order valence-corrected chi connectivity index (χ0v) is 22.9. The highest BCUT2D eigenvalue weighted by Crippen LogP contribution is 2.24. The summed E-state index contributed by atoms with van der Waals surface area (Å²) >= 11 is 1.55. The molecule has 0 radical (unpaired) electrons. The first-order chi connectivity index (χ1) is 16.7. The van der Waals surface area contributed by atoms with Gasteiger partial charge < -0.3 is 25.8 Å². The van der Waals surface area contributed by atoms with Gasteiger partial charge in [0.05, 0.1) is 25.0 Å². The number of rotatable bonds is 5. The summed E-state index contributed by atoms with van der Waals surface area (Å²) in [4.78, 5) is 51.9. The Labute approximate surface area is 219 Å². The van der Waals surface area contributed by atoms with Crippen LogP contribution in [-0.4, -0.2) is 82.6 Å². The van der Waals surface area contributed by atoms with Crippen molar-refractivity contribution >= 4 is 57.0 Å². The zero-order valence-electron chi connectivity index (χ0n) is 20.5. The van der Waals surface area contributed by atoms with Gasteiger partial charge >= 0.3 is 5.97 Å². The van der Waals surface area contributed by atoms with E-state index < -0.39 is 54.0 Å². The number of hydrogen-bond acceptors (Lipinski definition) is 9. The molecule has 0 saturated carbocycles. The fraction of sp³-hybridized carbons (Fsp3) is 0.739. The molecule has 0 aromatic heterocycles. The molecule has 3 amide bonds. The lowest BCUT2D eigenvalue weighted by Gasteiger charge is -2.31. The molecule has 2 bridgehead atoms. The van der Waals surface area contributed by atoms with Crippen LogP contribution in [0.2, 0.25) is 0 Å². The van der Waals surface area contributed by atoms with Gasteiger partial charge in [0.15, 0.2) is 0 Å². The lowest BCUT2D eigenvalue weighted by Crippen LogP contribution is -2.58. The van der Waals surface area contributed by atoms with Gasteiger partial charge in [-0.15, -0.1) is 0 Å². The average molecular weight is 548 g/mol. The number of allylic oxidation sites excluding steroid dienone is 1. The van der Waals surface area contributed by atoms with Gasteiger partial charge in [0.2, 0.25) is 17.7 Å². The van der Waals surface area contributed by atoms with Crippen molar-refractivity contribution in [3.8, 4) is 0 Å². The number of ether oxygens (including phenoxy) is 1. The summed E-state index contributed by atoms with van der Waals surface area (Å²) < 4.78 is 5.54. The number of esters is 1. The van der Waals surface area contributed by atoms with Gasteiger partial charge in [-0.25, -0.2) is 0 Å². The highest BCUT2D eigenvalue weighted by atomic mass is 33.1. The number of amides is 3. The topological polar surface area (TPSA) is 134 Å². The van der Waals surface area contributed by atoms with Crippen molar-refractivity contribution in [1.29, 1.82) is 0 Å². The Morgan fingerprint density at radius 2 is 1.91 bits per heavy atom. The van der Waals surface area contributed by atoms with E-state index in [9.17, 15) is 24.3 Å². The van der Waals surface area contributed by atoms with Gasteiger partial charge in [0.25, 0.3) is 0 Å². The van der Waals surface area contributed by atoms with Crippen LogP contribution in [0.5, 0.6) is 0 Å². The molecule has 0 aliphatic carbocycles. The molecule has 1 saturated heterocycles. The van der Waals surface area contributed by atoms with E-state index in [2.05, 4.69) is 16.0 Å². The van der Waals surface area contributed by atoms with E-state index in [0.29, 0.717) is 30.8 Å². The molecule has 0 aromatic rings. The number of aliphatic hydroxyl groups is 1. The first-order valence-corrected chi connectivity index (χ1v) is 15.8. The molecular formula is C23H37N3O6S3. The molecule has 12 heteroatoms. The number of hydrogen-bond donors (Lipinski definition) is 4. The number of nitrogens with one attached hydrogen (secondary N) is 3. The monoisotopic (exact) mass is 547 g/mol. The third-order valence-corrected chi connectivity index (χ3v) is 9.05. The second-order valence-corrected chi connectivity index (χ2v) is 12.3. The molecule has 2 heterocycles. The quantitative estimate of drug-likeness (QED) is 0.230. The Balaban J connectivity index is 2.46. The van der Waals surface area contributed by atoms with Crippen molar-refractivity contribution < 1.29 is 29.0 Å². The second kappa shape index (κ2) is 15.7. The molecule has 0 unspecified atom stereocenters. The Hall–Kier alpha value is -1.37. The lowest BCUT2D eigenvalue weighted by molar-refractivity contribution is -0.151. The van der Waals surface area contributed by atoms with Crippen LogP contribution in [0.4, 0.5) is 0 Å². The molecule has 2 aliphatic heterocycles. The van der Waals surface area contributed by atoms with E-state index >= 15 is 0 Å². The minimum Gasteiger partial charge on any atom is -0.457 e. The molecule has 0 spiro atoms. The van der Waals surface area contributed by atoms with E-state index in [1.54, 1.807) is 28.6 Å². The van der Waals surface area contributed by atoms with Gasteiger partial charge in [-0.1, -0.05) is 47.9 Å². The predicted molar refractivity (Wildman–Crippen MR) is 142 cm³/mol. The molecule has 9 nitrogen and oxygen atoms in total. The molecule has 2 rings (SSSR count). The number of aliphatic hydroxyl groups excluding tert-OH is 1. The number of carbonyl (C=O) groups is 4. The molecule has 35 heavy (non-hydrogen) atoms. The van der Waals surface area contributed by atoms with Crippen LogP contribution >= 0.6 is 33.3 Å². The maximum Gasteiger partial charge on any atom is 0.309 e. The average Bonchev–Trinajstić information content (AvgIpc) is 2.81. The summed E-state index contributed by atoms with van der Waals surface area (Å²) in [6.45, 7) is 3.82. The van der Waals surface area contributed by atoms with E-state index in [4.69, 9.17) is 4.74 Å². The van der Waals surface area contributed by atoms with Crippen molar-refractivity contribution in [2.45, 2.75) is 76.3 Å². The van der Waals surface area contributed by atoms with E-state index in [0.717, 1.165) is 5.75 Å². The van der Waals surface area contributed by atoms with E-state index in [-0.39, 0.29) is 18.8 Å². The molecule has 4 N–H and O–H groups in total. The highest BCUT2D eigenvalue weighted by Gasteiger charge is 2.34. The molecular weight excluding hydrogens is 510 g/mol. The summed E-state index contributed by atoms with van der Waals surface area (Å²) in [5, 5.41) is 19.3. The maximum absolute atomic E-state index is 13.3. The Morgan fingerprint density at radius 1 is 1.14 bits per heavy atom. The predicted octanol–water partition coefficient (Wildman–Crippen LogP) is 1.65. The summed E-state index contributed by atoms with van der Waals surface area (Å²) in [6, 6.07) is -2.39. The Morgan fingerprint density at radius 3 is 2.63 bits per heavy atom. The van der Waals surface area contributed by atoms with Crippen LogP contribution in [0, 0.1) is 5.92 Å². The van der Waals surface area contributed by atoms with Crippen LogP contribution < -0.4 is 16.0 Å². The molecule has 0 aromatic carbocycles. The SMILES string of the molecule is CC[C@H](C)[C@@H]1NC(=O)[C@H]2CSSCC/C=C/[C@H](CC(=O)N[C@@H](CCSC)C(=O)N2)OC(=O)C[C@@H]1O. The third kappa shape index (κ3) is 10.3. The standard InChI is InChI=1S/C23H37N3O6S3/c1-4-14(2)21-18(27)12-20(29)32-15-7-5-6-9-34-35-13-17(23(31)26-21)25-22(30)16(8-10-33-3)24-19(28)11-15/h5,7,14-18,21,27H,4,6,8-13H2,1-3H3,(H,24,28)(H,25,30)(H,26,31)/b7-5+/t14-,15+,16-,17+,18-,21-/m0/s1. The highest BCUT2D eigenvalue weighted by molar-refractivity contribution is 8.76. The van der Waals surface area contributed by atoms with Crippen LogP contribution in [0.15, 0.2) is 12.2 Å². The van der Waals surface area contributed by atoms with Gasteiger partial charge in [0.1, 0.15) is 18.2 Å². The first kappa shape index (κ1) is 29.9. The molecule has 2 aliphatic rings. The van der Waals surface area contributed by atoms with Crippen molar-refractivity contribution in [2.24, 2.45) is 5.92 Å². The molecule has 1 fully saturated rings. The minimum absolute atomic E-state index is 0.122. The summed E-state index contributed by atoms with van der Waals surface area (Å²) in [7, 11) is 3.05. The smallest absolute Gasteiger partial charge is 0.309 e. The normalized spacial score (nSPS) is 31.5. The first-order valence-electron chi connectivity index (χ1n) is 11.9. The van der Waals surface area contributed by atoms with Gasteiger partial charge in [-0.3, -0.25) is 19.2 Å². The molecule has 198 valence electrons. The summed E-state index contributed by atoms with van der Waals surface area (Å²) in [6.07, 6.45) is 4.75. The van der Waals surface area contributed by atoms with Crippen LogP contribution in [0.1, 0.15) is 46.0 Å². The van der Waals surface area contributed by atoms with Crippen LogP contribution in [0.25, 0.3) is 0 Å². The fourth-order valence-electron chi connectivity index (χ4n) is 3.74. The van der Waals surface area contributed by atoms with Gasteiger partial charge in [-0.05, 0) is 36.8 Å². The Kier molecular flexibility index (Phi) is 13.4. The van der Waals surface area contributed by atoms with Crippen molar-refractivity contribution in [3.05, 3.63) is 12.2 Å². The third-order valence-electron chi connectivity index (χ3n) is 5.96. The minimum atomic E-state index is -1.18. The lowest BCUT2D eigenvalue weighted by atomic mass is 9.92. The number of fused-ring (bicyclic) bond motifs is 7. The van der Waals surface area contributed by atoms with Crippen molar-refractivity contribution in [2.75, 3.05) is 23.5 Å². The summed E-state index contributed by atoms with van der Waals surface area (Å²) in [5.41, 5.74) is 0. The second-order valence-electron chi connectivity index (χ2n) is 8.71. The van der Waals surface area contributed by atoms with Gasteiger partial charge in [-0.2, -0.15) is 11.8 Å². The summed E-state index contributed by atoms with van der Waals surface area (Å²) in [5.74, 6) is -0.362. The van der Waals surface area contributed by atoms with E-state index in [1.165, 1.54) is 10.8 Å². The largest absolute Gasteiger partial charge is 0.457 e. The molecule has 6 atom stereocenters. The zero-order chi connectivity index (χ0) is 25.8. The van der Waals surface area contributed by atoms with Crippen LogP contribution in [-0.2, 0) is 23.9 Å². The van der Waals surface area contributed by atoms with Gasteiger partial charge in [0, 0.05) is 11.5 Å². The van der Waals surface area contributed by atoms with Crippen molar-refractivity contribution in [3.63, 3.8) is 0 Å². The van der Waals surface area contributed by atoms with Crippen molar-refractivity contribution in [1.82, 2.24) is 16.0 Å². The van der Waals surface area contributed by atoms with E-state index in [1.807, 2.05) is 26.2 Å². The fourth-order valence-corrected chi connectivity index (χ4v) is 6.36. The number of carbonyl (C=O) groups excluding carboxylic acids is 4. The number of thioether (sulfide) groups is 1. The maximum atomic E-state index is 13.3.